The van der Waals surface area contributed by atoms with Crippen molar-refractivity contribution in [3.63, 3.8) is 0 Å². The minimum Gasteiger partial charge on any atom is -0.354 e. The van der Waals surface area contributed by atoms with E-state index < -0.39 is 0 Å². The average Bonchev–Trinajstić information content (AvgIpc) is 1.72. The van der Waals surface area contributed by atoms with Crippen LogP contribution in [0.2, 0.25) is 0 Å². The molecule has 0 atom stereocenters. The summed E-state index contributed by atoms with van der Waals surface area (Å²) in [5.41, 5.74) is 20.9. The molecule has 1 N–H and O–H groups in total. The Hall–Kier alpha value is -11.1. The molecule has 2 aromatic heterocycles. The van der Waals surface area contributed by atoms with Gasteiger partial charge in [0.1, 0.15) is 0 Å². The quantitative estimate of drug-likeness (QED) is 0.103. The first-order valence-corrected chi connectivity index (χ1v) is 40.9. The number of aromatic nitrogens is 2. The lowest BCUT2D eigenvalue weighted by molar-refractivity contribution is 0.591. The predicted molar refractivity (Wildman–Crippen MR) is 488 cm³/mol. The van der Waals surface area contributed by atoms with Gasteiger partial charge >= 0.3 is 0 Å². The van der Waals surface area contributed by atoms with Crippen LogP contribution in [0.3, 0.4) is 0 Å². The fourth-order valence-corrected chi connectivity index (χ4v) is 18.8. The molecule has 0 unspecified atom stereocenters. The summed E-state index contributed by atoms with van der Waals surface area (Å²) >= 11 is 2.15. The van der Waals surface area contributed by atoms with E-state index in [-0.39, 0.29) is 21.7 Å². The van der Waals surface area contributed by atoms with Gasteiger partial charge in [-0.1, -0.05) is 348 Å². The molecule has 0 radical (unpaired) electrons. The maximum absolute atomic E-state index is 3.84. The van der Waals surface area contributed by atoms with Crippen LogP contribution in [-0.2, 0) is 28.7 Å². The van der Waals surface area contributed by atoms with E-state index in [0.717, 1.165) is 0 Å². The molecule has 0 amide bonds. The van der Waals surface area contributed by atoms with Gasteiger partial charge in [0.05, 0.1) is 0 Å². The molecular formula is C106H87IN2. The third-order valence-corrected chi connectivity index (χ3v) is 24.7. The normalized spacial score (nSPS) is 12.9. The molecule has 0 saturated heterocycles. The van der Waals surface area contributed by atoms with E-state index in [0.29, 0.717) is 0 Å². The van der Waals surface area contributed by atoms with Gasteiger partial charge in [0, 0.05) is 50.7 Å². The molecule has 20 aromatic carbocycles. The zero-order valence-electron chi connectivity index (χ0n) is 64.7. The number of fused-ring (bicyclic) bond motifs is 6. The summed E-state index contributed by atoms with van der Waals surface area (Å²) in [4.78, 5) is 5.81. The van der Waals surface area contributed by atoms with Gasteiger partial charge < -0.3 is 9.55 Å². The van der Waals surface area contributed by atoms with Crippen molar-refractivity contribution >= 4 is 195 Å². The fourth-order valence-electron chi connectivity index (χ4n) is 18.8. The molecule has 528 valence electrons. The monoisotopic (exact) mass is 1510 g/mol. The number of hydrogen-bond donors (Lipinski definition) is 1. The summed E-state index contributed by atoms with van der Waals surface area (Å²) in [5.74, 6) is 0. The highest BCUT2D eigenvalue weighted by atomic mass is 127. The number of benzene rings is 20. The average molecular weight is 1520 g/mol. The van der Waals surface area contributed by atoms with Crippen molar-refractivity contribution in [2.45, 2.75) is 105 Å². The van der Waals surface area contributed by atoms with Crippen molar-refractivity contribution < 1.29 is 0 Å². The Labute approximate surface area is 650 Å². The number of aromatic amines is 1. The van der Waals surface area contributed by atoms with Gasteiger partial charge in [0.15, 0.2) is 0 Å². The van der Waals surface area contributed by atoms with Crippen molar-refractivity contribution in [3.05, 3.63) is 289 Å². The van der Waals surface area contributed by atoms with Crippen LogP contribution in [-0.4, -0.2) is 14.5 Å². The Bertz CT molecular complexity index is 7010. The van der Waals surface area contributed by atoms with Gasteiger partial charge in [-0.2, -0.15) is 0 Å². The minimum absolute atomic E-state index is 0.100. The standard InChI is InChI=1S/C53H43N.C52H41N.CH3I/c1-52(2,3)38-24-34-10-8-30-12-18-40(44-22-16-36(26-38)48(34)50(30)44)32-14-20-42-43-21-15-33(29-47(43)54(7)46(42)28-32)41-19-13-31-9-11-35-25-39(53(4,5)6)27-37-17-23-45(41)51(31)49(35)37;1-51(2,3)37-23-33-9-7-29-11-17-39(43-21-15-35(25-37)47(33)49(29)43)31-13-19-41-42-20-14-32(28-46(42)53-45(41)27-31)40-18-12-30-8-10-34-24-38(52(4,5)6)26-36-16-22-44(40)50(30)48(34)36;1-2/h8-29H,1-7H3;7-28,53H,1-6H3;1H3. The van der Waals surface area contributed by atoms with Crippen LogP contribution in [0.5, 0.6) is 0 Å². The van der Waals surface area contributed by atoms with Gasteiger partial charge in [-0.05, 0) is 247 Å². The third kappa shape index (κ3) is 10.5. The number of nitrogens with one attached hydrogen (secondary N) is 1. The Morgan fingerprint density at radius 2 is 0.413 bits per heavy atom. The molecule has 109 heavy (non-hydrogen) atoms. The third-order valence-electron chi connectivity index (χ3n) is 24.7. The first kappa shape index (κ1) is 67.3. The van der Waals surface area contributed by atoms with Gasteiger partial charge in [-0.15, -0.1) is 0 Å². The Kier molecular flexibility index (Phi) is 14.8. The van der Waals surface area contributed by atoms with Crippen LogP contribution in [0.25, 0.3) is 217 Å². The first-order chi connectivity index (χ1) is 52.4. The van der Waals surface area contributed by atoms with E-state index in [1.165, 1.54) is 240 Å². The van der Waals surface area contributed by atoms with Crippen molar-refractivity contribution in [2.24, 2.45) is 7.05 Å². The first-order valence-electron chi connectivity index (χ1n) is 38.8. The van der Waals surface area contributed by atoms with Gasteiger partial charge in [-0.3, -0.25) is 0 Å². The fraction of sp³-hybridized carbons (Fsp3) is 0.170. The summed E-state index contributed by atoms with van der Waals surface area (Å²) in [6, 6.07) is 103. The number of H-pyrrole nitrogens is 1. The number of aryl methyl sites for hydroxylation is 1. The lowest BCUT2D eigenvalue weighted by Gasteiger charge is -2.22. The second kappa shape index (κ2) is 23.9. The number of alkyl halides is 1. The SMILES string of the molecule is CC(C)(C)c1cc2ccc3ccc(-c4ccc5c(c4)[nH]c4cc(-c6ccc7ccc8cc(C(C)(C)C)cc9ccc6c7c89)ccc45)c4ccc(c1)c2c34.CI.Cn1c2cc(-c3ccc4ccc5cc(C(C)(C)C)cc6ccc3c4c56)ccc2c2ccc(-c3ccc4ccc5cc(C(C)(C)C)cc6ccc3c4c56)cc21. The van der Waals surface area contributed by atoms with E-state index in [9.17, 15) is 0 Å². The molecule has 3 heteroatoms. The van der Waals surface area contributed by atoms with Gasteiger partial charge in [0.25, 0.3) is 0 Å². The molecule has 0 saturated carbocycles. The highest BCUT2D eigenvalue weighted by molar-refractivity contribution is 14.1. The largest absolute Gasteiger partial charge is 0.354 e. The zero-order valence-corrected chi connectivity index (χ0v) is 66.9. The van der Waals surface area contributed by atoms with Crippen LogP contribution in [0.4, 0.5) is 0 Å². The van der Waals surface area contributed by atoms with E-state index in [1.54, 1.807) is 0 Å². The number of halogens is 1. The number of hydrogen-bond acceptors (Lipinski definition) is 0. The van der Waals surface area contributed by atoms with E-state index in [1.807, 2.05) is 4.93 Å². The topological polar surface area (TPSA) is 20.7 Å². The Balaban J connectivity index is 0.000000140. The molecule has 22 aromatic rings. The zero-order chi connectivity index (χ0) is 74.8. The Morgan fingerprint density at radius 3 is 0.661 bits per heavy atom. The molecular weight excluding hydrogens is 1430 g/mol. The molecule has 2 heterocycles. The lowest BCUT2D eigenvalue weighted by atomic mass is 9.82. The van der Waals surface area contributed by atoms with Crippen LogP contribution < -0.4 is 0 Å². The molecule has 0 bridgehead atoms. The second-order valence-corrected chi connectivity index (χ2v) is 35.4. The van der Waals surface area contributed by atoms with Crippen molar-refractivity contribution in [3.8, 4) is 44.5 Å². The highest BCUT2D eigenvalue weighted by Gasteiger charge is 2.25. The molecule has 0 spiro atoms. The summed E-state index contributed by atoms with van der Waals surface area (Å²) in [6.45, 7) is 27.6. The van der Waals surface area contributed by atoms with Crippen LogP contribution in [0.15, 0.2) is 267 Å². The molecule has 0 aliphatic heterocycles. The van der Waals surface area contributed by atoms with Crippen molar-refractivity contribution in [1.82, 2.24) is 9.55 Å². The Morgan fingerprint density at radius 1 is 0.211 bits per heavy atom. The van der Waals surface area contributed by atoms with E-state index >= 15 is 0 Å². The lowest BCUT2D eigenvalue weighted by Crippen LogP contribution is -2.10. The predicted octanol–water partition coefficient (Wildman–Crippen LogP) is 31.2. The minimum atomic E-state index is 0.100. The van der Waals surface area contributed by atoms with E-state index in [4.69, 9.17) is 0 Å². The van der Waals surface area contributed by atoms with E-state index in [2.05, 4.69) is 389 Å². The highest BCUT2D eigenvalue weighted by Crippen LogP contribution is 2.49. The number of rotatable bonds is 4. The summed E-state index contributed by atoms with van der Waals surface area (Å²) in [6.07, 6.45) is 0. The van der Waals surface area contributed by atoms with Crippen LogP contribution in [0, 0.1) is 0 Å². The summed E-state index contributed by atoms with van der Waals surface area (Å²) in [5, 5.41) is 37.1. The molecule has 0 aliphatic rings. The summed E-state index contributed by atoms with van der Waals surface area (Å²) < 4.78 is 2.39. The van der Waals surface area contributed by atoms with Gasteiger partial charge in [0.2, 0.25) is 0 Å². The molecule has 22 rings (SSSR count). The maximum atomic E-state index is 3.84. The molecule has 0 aliphatic carbocycles. The van der Waals surface area contributed by atoms with Gasteiger partial charge in [-0.25, -0.2) is 0 Å². The number of nitrogens with zero attached hydrogens (tertiary/aromatic N) is 1. The van der Waals surface area contributed by atoms with Crippen molar-refractivity contribution in [1.29, 1.82) is 0 Å². The maximum Gasteiger partial charge on any atom is 0.0494 e. The molecule has 2 nitrogen and oxygen atoms in total. The van der Waals surface area contributed by atoms with Crippen LogP contribution in [0.1, 0.15) is 105 Å². The van der Waals surface area contributed by atoms with Crippen molar-refractivity contribution in [2.75, 3.05) is 4.93 Å². The second-order valence-electron chi connectivity index (χ2n) is 35.4. The smallest absolute Gasteiger partial charge is 0.0494 e. The molecule has 0 fully saturated rings. The van der Waals surface area contributed by atoms with Crippen LogP contribution >= 0.6 is 22.6 Å². The summed E-state index contributed by atoms with van der Waals surface area (Å²) in [7, 11) is 2.23.